The van der Waals surface area contributed by atoms with Crippen LogP contribution in [0.25, 0.3) is 0 Å². The van der Waals surface area contributed by atoms with Gasteiger partial charge in [0.15, 0.2) is 23.0 Å². The smallest absolute Gasteiger partial charge is 0.273 e. The Morgan fingerprint density at radius 2 is 1.88 bits per heavy atom. The molecule has 0 atom stereocenters. The van der Waals surface area contributed by atoms with E-state index >= 15 is 0 Å². The number of hydrogen-bond donors (Lipinski definition) is 2. The molecule has 1 aromatic carbocycles. The summed E-state index contributed by atoms with van der Waals surface area (Å²) in [6, 6.07) is 6.09. The molecule has 3 N–H and O–H groups in total. The molecule has 0 saturated heterocycles. The molecule has 0 spiro atoms. The van der Waals surface area contributed by atoms with Crippen LogP contribution in [0.4, 0.5) is 5.82 Å². The zero-order chi connectivity index (χ0) is 18.0. The van der Waals surface area contributed by atoms with Crippen LogP contribution in [-0.2, 0) is 5.41 Å². The highest BCUT2D eigenvalue weighted by molar-refractivity contribution is 5.96. The number of amides is 1. The molecule has 1 aliphatic heterocycles. The maximum absolute atomic E-state index is 12.5. The summed E-state index contributed by atoms with van der Waals surface area (Å²) in [7, 11) is 0. The summed E-state index contributed by atoms with van der Waals surface area (Å²) in [5.41, 5.74) is 7.00. The maximum atomic E-state index is 12.5. The van der Waals surface area contributed by atoms with E-state index < -0.39 is 0 Å². The van der Waals surface area contributed by atoms with Gasteiger partial charge in [0.25, 0.3) is 5.91 Å². The average Bonchev–Trinajstić information content (AvgIpc) is 3.15. The quantitative estimate of drug-likeness (QED) is 0.875. The minimum Gasteiger partial charge on any atom is -0.454 e. The minimum atomic E-state index is -0.290. The number of carbonyl (C=O) groups excluding carboxylic acids is 1. The summed E-state index contributed by atoms with van der Waals surface area (Å²) in [4.78, 5) is 20.5. The first kappa shape index (κ1) is 16.6. The van der Waals surface area contributed by atoms with E-state index in [1.54, 1.807) is 0 Å². The molecule has 0 radical (unpaired) electrons. The third-order valence-electron chi connectivity index (χ3n) is 5.32. The van der Waals surface area contributed by atoms with Gasteiger partial charge in [-0.2, -0.15) is 0 Å². The molecule has 1 amide bonds. The van der Waals surface area contributed by atoms with Gasteiger partial charge >= 0.3 is 0 Å². The molecule has 4 rings (SSSR count). The van der Waals surface area contributed by atoms with Crippen LogP contribution >= 0.6 is 0 Å². The van der Waals surface area contributed by atoms with Crippen molar-refractivity contribution in [3.05, 3.63) is 41.9 Å². The fraction of sp³-hybridized carbons (Fsp3) is 0.421. The predicted octanol–water partition coefficient (Wildman–Crippen LogP) is 2.42. The molecule has 7 nitrogen and oxygen atoms in total. The van der Waals surface area contributed by atoms with Gasteiger partial charge in [-0.25, -0.2) is 9.97 Å². The Hall–Kier alpha value is -2.83. The number of rotatable bonds is 4. The van der Waals surface area contributed by atoms with Gasteiger partial charge < -0.3 is 20.5 Å². The Kier molecular flexibility index (Phi) is 4.36. The molecule has 0 bridgehead atoms. The Bertz CT molecular complexity index is 818. The van der Waals surface area contributed by atoms with Crippen molar-refractivity contribution < 1.29 is 14.3 Å². The Balaban J connectivity index is 1.57. The zero-order valence-corrected chi connectivity index (χ0v) is 14.5. The molecular weight excluding hydrogens is 332 g/mol. The fourth-order valence-corrected chi connectivity index (χ4v) is 3.88. The lowest BCUT2D eigenvalue weighted by Crippen LogP contribution is -2.42. The van der Waals surface area contributed by atoms with Crippen LogP contribution in [-0.4, -0.2) is 29.2 Å². The summed E-state index contributed by atoms with van der Waals surface area (Å²) < 4.78 is 11.0. The van der Waals surface area contributed by atoms with Crippen molar-refractivity contribution in [1.82, 2.24) is 15.3 Å². The topological polar surface area (TPSA) is 99.4 Å². The number of nitrogens with one attached hydrogen (secondary N) is 1. The number of nitrogens with two attached hydrogens (primary N) is 1. The number of ether oxygens (including phenoxy) is 2. The van der Waals surface area contributed by atoms with Crippen molar-refractivity contribution in [3.8, 4) is 11.5 Å². The maximum Gasteiger partial charge on any atom is 0.273 e. The van der Waals surface area contributed by atoms with Crippen LogP contribution in [0.3, 0.4) is 0 Å². The molecule has 1 fully saturated rings. The fourth-order valence-electron chi connectivity index (χ4n) is 3.88. The number of aromatic nitrogens is 2. The molecular formula is C19H22N4O3. The normalized spacial score (nSPS) is 17.7. The van der Waals surface area contributed by atoms with Gasteiger partial charge in [-0.1, -0.05) is 25.3 Å². The Morgan fingerprint density at radius 3 is 2.69 bits per heavy atom. The Morgan fingerprint density at radius 1 is 1.12 bits per heavy atom. The summed E-state index contributed by atoms with van der Waals surface area (Å²) in [5.74, 6) is 1.40. The summed E-state index contributed by atoms with van der Waals surface area (Å²) >= 11 is 0. The first-order valence-electron chi connectivity index (χ1n) is 8.93. The second-order valence-corrected chi connectivity index (χ2v) is 6.88. The zero-order valence-electron chi connectivity index (χ0n) is 14.5. The third-order valence-corrected chi connectivity index (χ3v) is 5.32. The molecule has 7 heteroatoms. The molecule has 0 unspecified atom stereocenters. The predicted molar refractivity (Wildman–Crippen MR) is 96.1 cm³/mol. The van der Waals surface area contributed by atoms with Crippen molar-refractivity contribution in [3.63, 3.8) is 0 Å². The largest absolute Gasteiger partial charge is 0.454 e. The Labute approximate surface area is 151 Å². The van der Waals surface area contributed by atoms with Gasteiger partial charge in [0.2, 0.25) is 6.79 Å². The minimum absolute atomic E-state index is 0.119. The lowest BCUT2D eigenvalue weighted by molar-refractivity contribution is 0.0932. The van der Waals surface area contributed by atoms with Gasteiger partial charge in [0, 0.05) is 24.4 Å². The monoisotopic (exact) mass is 354 g/mol. The number of fused-ring (bicyclic) bond motifs is 1. The molecule has 1 saturated carbocycles. The average molecular weight is 354 g/mol. The highest BCUT2D eigenvalue weighted by Crippen LogP contribution is 2.43. The second kappa shape index (κ2) is 6.82. The highest BCUT2D eigenvalue weighted by atomic mass is 16.7. The molecule has 2 heterocycles. The van der Waals surface area contributed by atoms with Crippen molar-refractivity contribution in [2.45, 2.75) is 37.5 Å². The first-order valence-corrected chi connectivity index (χ1v) is 8.93. The van der Waals surface area contributed by atoms with Crippen molar-refractivity contribution in [2.24, 2.45) is 0 Å². The van der Waals surface area contributed by atoms with Crippen LogP contribution in [0.1, 0.15) is 48.2 Å². The molecule has 1 aliphatic carbocycles. The van der Waals surface area contributed by atoms with E-state index in [0.29, 0.717) is 6.54 Å². The van der Waals surface area contributed by atoms with Crippen molar-refractivity contribution in [1.29, 1.82) is 0 Å². The number of hydrogen-bond acceptors (Lipinski definition) is 6. The standard InChI is InChI=1S/C19H22N4O3/c20-17-16(21-8-9-22-17)18(24)23-11-19(6-2-1-3-7-19)13-4-5-14-15(10-13)26-12-25-14/h4-5,8-10H,1-3,6-7,11-12H2,(H2,20,22)(H,23,24). The number of nitrogen functional groups attached to an aromatic ring is 1. The van der Waals surface area contributed by atoms with E-state index in [0.717, 1.165) is 37.2 Å². The van der Waals surface area contributed by atoms with Crippen LogP contribution in [0.15, 0.2) is 30.6 Å². The lowest BCUT2D eigenvalue weighted by Gasteiger charge is -2.38. The van der Waals surface area contributed by atoms with Gasteiger partial charge in [-0.15, -0.1) is 0 Å². The number of nitrogens with zero attached hydrogens (tertiary/aromatic N) is 2. The van der Waals surface area contributed by atoms with E-state index in [9.17, 15) is 4.79 Å². The number of anilines is 1. The summed E-state index contributed by atoms with van der Waals surface area (Å²) in [6.07, 6.45) is 8.47. The summed E-state index contributed by atoms with van der Waals surface area (Å²) in [6.45, 7) is 0.788. The van der Waals surface area contributed by atoms with E-state index in [1.807, 2.05) is 6.07 Å². The van der Waals surface area contributed by atoms with Crippen molar-refractivity contribution in [2.75, 3.05) is 19.1 Å². The first-order chi connectivity index (χ1) is 12.7. The SMILES string of the molecule is Nc1nccnc1C(=O)NCC1(c2ccc3c(c2)OCO3)CCCCC1. The van der Waals surface area contributed by atoms with Crippen LogP contribution in [0.2, 0.25) is 0 Å². The molecule has 136 valence electrons. The molecule has 26 heavy (non-hydrogen) atoms. The van der Waals surface area contributed by atoms with E-state index in [4.69, 9.17) is 15.2 Å². The van der Waals surface area contributed by atoms with E-state index in [1.165, 1.54) is 24.4 Å². The molecule has 2 aromatic rings. The molecule has 2 aliphatic rings. The van der Waals surface area contributed by atoms with Crippen molar-refractivity contribution >= 4 is 11.7 Å². The van der Waals surface area contributed by atoms with Crippen LogP contribution in [0.5, 0.6) is 11.5 Å². The van der Waals surface area contributed by atoms with Gasteiger partial charge in [0.05, 0.1) is 0 Å². The van der Waals surface area contributed by atoms with Gasteiger partial charge in [-0.05, 0) is 30.5 Å². The van der Waals surface area contributed by atoms with Gasteiger partial charge in [-0.3, -0.25) is 4.79 Å². The third kappa shape index (κ3) is 3.05. The van der Waals surface area contributed by atoms with Crippen LogP contribution < -0.4 is 20.5 Å². The summed E-state index contributed by atoms with van der Waals surface area (Å²) in [5, 5.41) is 3.02. The highest BCUT2D eigenvalue weighted by Gasteiger charge is 2.35. The van der Waals surface area contributed by atoms with Gasteiger partial charge in [0.1, 0.15) is 0 Å². The van der Waals surface area contributed by atoms with Crippen LogP contribution in [0, 0.1) is 0 Å². The number of benzene rings is 1. The lowest BCUT2D eigenvalue weighted by atomic mass is 9.69. The van der Waals surface area contributed by atoms with E-state index in [2.05, 4.69) is 27.4 Å². The van der Waals surface area contributed by atoms with E-state index in [-0.39, 0.29) is 29.6 Å². The number of carbonyl (C=O) groups is 1. The second-order valence-electron chi connectivity index (χ2n) is 6.88. The molecule has 1 aromatic heterocycles.